The molecule has 0 spiro atoms. The van der Waals surface area contributed by atoms with Crippen molar-refractivity contribution in [3.8, 4) is 0 Å². The van der Waals surface area contributed by atoms with E-state index in [-0.39, 0.29) is 18.7 Å². The predicted molar refractivity (Wildman–Crippen MR) is 101 cm³/mol. The van der Waals surface area contributed by atoms with Gasteiger partial charge < -0.3 is 5.32 Å². The second-order valence-corrected chi connectivity index (χ2v) is 7.99. The Morgan fingerprint density at radius 1 is 1.15 bits per heavy atom. The molecule has 0 aliphatic heterocycles. The summed E-state index contributed by atoms with van der Waals surface area (Å²) in [5.41, 5.74) is 1.34. The summed E-state index contributed by atoms with van der Waals surface area (Å²) in [6.07, 6.45) is 0. The largest absolute Gasteiger partial charge is 0.322 e. The molecule has 0 fully saturated rings. The highest BCUT2D eigenvalue weighted by atomic mass is 35.5. The van der Waals surface area contributed by atoms with Crippen molar-refractivity contribution in [3.05, 3.63) is 58.4 Å². The molecule has 2 rings (SSSR count). The first-order valence-corrected chi connectivity index (χ1v) is 9.89. The third kappa shape index (κ3) is 4.23. The summed E-state index contributed by atoms with van der Waals surface area (Å²) in [5, 5.41) is 3.22. The van der Waals surface area contributed by atoms with Crippen LogP contribution in [0, 0.1) is 12.7 Å². The van der Waals surface area contributed by atoms with Crippen LogP contribution >= 0.6 is 11.6 Å². The number of benzene rings is 2. The Bertz CT molecular complexity index is 928. The number of amides is 1. The van der Waals surface area contributed by atoms with Crippen molar-refractivity contribution in [2.45, 2.75) is 25.7 Å². The van der Waals surface area contributed by atoms with Crippen LogP contribution in [0.1, 0.15) is 29.8 Å². The third-order valence-corrected chi connectivity index (χ3v) is 6.25. The second kappa shape index (κ2) is 8.16. The number of sulfonamides is 1. The zero-order valence-corrected chi connectivity index (χ0v) is 16.3. The van der Waals surface area contributed by atoms with Gasteiger partial charge in [0.15, 0.2) is 0 Å². The quantitative estimate of drug-likeness (QED) is 0.797. The van der Waals surface area contributed by atoms with Gasteiger partial charge in [0, 0.05) is 29.4 Å². The SMILES string of the molecule is CCN(CC)S(=O)(=O)c1cc(C(=O)Nc2ccc(Cl)cc2C)ccc1F. The first-order valence-electron chi connectivity index (χ1n) is 8.07. The fourth-order valence-corrected chi connectivity index (χ4v) is 4.28. The van der Waals surface area contributed by atoms with E-state index in [9.17, 15) is 17.6 Å². The molecule has 0 bridgehead atoms. The monoisotopic (exact) mass is 398 g/mol. The maximum atomic E-state index is 14.1. The van der Waals surface area contributed by atoms with E-state index in [4.69, 9.17) is 11.6 Å². The first kappa shape index (κ1) is 20.4. The molecule has 0 saturated carbocycles. The van der Waals surface area contributed by atoms with Gasteiger partial charge in [-0.1, -0.05) is 25.4 Å². The van der Waals surface area contributed by atoms with E-state index in [0.29, 0.717) is 10.7 Å². The van der Waals surface area contributed by atoms with Crippen LogP contribution in [0.3, 0.4) is 0 Å². The van der Waals surface area contributed by atoms with Crippen molar-refractivity contribution in [2.24, 2.45) is 0 Å². The minimum atomic E-state index is -4.01. The van der Waals surface area contributed by atoms with E-state index in [0.717, 1.165) is 22.0 Å². The maximum absolute atomic E-state index is 14.1. The molecule has 2 aromatic carbocycles. The van der Waals surface area contributed by atoms with Crippen LogP contribution in [0.5, 0.6) is 0 Å². The molecule has 0 aliphatic rings. The lowest BCUT2D eigenvalue weighted by molar-refractivity contribution is 0.102. The Kier molecular flexibility index (Phi) is 6.39. The summed E-state index contributed by atoms with van der Waals surface area (Å²) in [6.45, 7) is 5.53. The molecule has 0 radical (unpaired) electrons. The van der Waals surface area contributed by atoms with Crippen molar-refractivity contribution in [1.29, 1.82) is 0 Å². The fourth-order valence-electron chi connectivity index (χ4n) is 2.51. The molecule has 0 aliphatic carbocycles. The maximum Gasteiger partial charge on any atom is 0.255 e. The lowest BCUT2D eigenvalue weighted by Crippen LogP contribution is -2.31. The first-order chi connectivity index (χ1) is 12.2. The Labute approximate surface area is 157 Å². The van der Waals surface area contributed by atoms with Crippen LogP contribution in [-0.2, 0) is 10.0 Å². The number of aryl methyl sites for hydroxylation is 1. The molecule has 0 saturated heterocycles. The standard InChI is InChI=1S/C18H20ClFN2O3S/c1-4-22(5-2)26(24,25)17-11-13(6-8-15(17)20)18(23)21-16-9-7-14(19)10-12(16)3/h6-11H,4-5H2,1-3H3,(H,21,23). The van der Waals surface area contributed by atoms with Crippen molar-refractivity contribution in [1.82, 2.24) is 4.31 Å². The Hall–Kier alpha value is -1.96. The van der Waals surface area contributed by atoms with Crippen LogP contribution in [-0.4, -0.2) is 31.7 Å². The highest BCUT2D eigenvalue weighted by molar-refractivity contribution is 7.89. The fraction of sp³-hybridized carbons (Fsp3) is 0.278. The number of nitrogens with one attached hydrogen (secondary N) is 1. The molecular formula is C18H20ClFN2O3S. The van der Waals surface area contributed by atoms with E-state index < -0.39 is 26.6 Å². The van der Waals surface area contributed by atoms with Gasteiger partial charge in [0.2, 0.25) is 10.0 Å². The molecule has 0 heterocycles. The molecule has 0 aromatic heterocycles. The summed E-state index contributed by atoms with van der Waals surface area (Å²) in [5.74, 6) is -1.43. The summed E-state index contributed by atoms with van der Waals surface area (Å²) in [6, 6.07) is 8.26. The average Bonchev–Trinajstić information content (AvgIpc) is 2.58. The molecule has 1 amide bonds. The Morgan fingerprint density at radius 3 is 2.38 bits per heavy atom. The van der Waals surface area contributed by atoms with Gasteiger partial charge in [-0.25, -0.2) is 12.8 Å². The van der Waals surface area contributed by atoms with E-state index in [1.165, 1.54) is 6.07 Å². The molecule has 2 aromatic rings. The van der Waals surface area contributed by atoms with E-state index in [2.05, 4.69) is 5.32 Å². The highest BCUT2D eigenvalue weighted by Gasteiger charge is 2.26. The second-order valence-electron chi connectivity index (χ2n) is 5.65. The van der Waals surface area contributed by atoms with Crippen molar-refractivity contribution in [3.63, 3.8) is 0 Å². The van der Waals surface area contributed by atoms with Crippen molar-refractivity contribution >= 4 is 33.2 Å². The van der Waals surface area contributed by atoms with Crippen LogP contribution in [0.15, 0.2) is 41.3 Å². The zero-order valence-electron chi connectivity index (χ0n) is 14.7. The van der Waals surface area contributed by atoms with Gasteiger partial charge in [0.1, 0.15) is 10.7 Å². The molecule has 8 heteroatoms. The lowest BCUT2D eigenvalue weighted by atomic mass is 10.1. The topological polar surface area (TPSA) is 66.5 Å². The van der Waals surface area contributed by atoms with Crippen LogP contribution in [0.4, 0.5) is 10.1 Å². The van der Waals surface area contributed by atoms with Gasteiger partial charge in [0.05, 0.1) is 0 Å². The van der Waals surface area contributed by atoms with E-state index in [1.54, 1.807) is 39.0 Å². The summed E-state index contributed by atoms with van der Waals surface area (Å²) >= 11 is 5.89. The van der Waals surface area contributed by atoms with Crippen LogP contribution in [0.25, 0.3) is 0 Å². The number of anilines is 1. The molecule has 0 atom stereocenters. The molecule has 140 valence electrons. The number of nitrogens with zero attached hydrogens (tertiary/aromatic N) is 1. The molecule has 0 unspecified atom stereocenters. The minimum Gasteiger partial charge on any atom is -0.322 e. The van der Waals surface area contributed by atoms with Crippen molar-refractivity contribution in [2.75, 3.05) is 18.4 Å². The van der Waals surface area contributed by atoms with Gasteiger partial charge in [-0.3, -0.25) is 4.79 Å². The van der Waals surface area contributed by atoms with Gasteiger partial charge in [-0.15, -0.1) is 0 Å². The number of hydrogen-bond acceptors (Lipinski definition) is 3. The Morgan fingerprint density at radius 2 is 1.81 bits per heavy atom. The highest BCUT2D eigenvalue weighted by Crippen LogP contribution is 2.23. The summed E-state index contributed by atoms with van der Waals surface area (Å²) in [7, 11) is -4.01. The van der Waals surface area contributed by atoms with Crippen molar-refractivity contribution < 1.29 is 17.6 Å². The average molecular weight is 399 g/mol. The van der Waals surface area contributed by atoms with Gasteiger partial charge in [0.25, 0.3) is 5.91 Å². The minimum absolute atomic E-state index is 0.0477. The van der Waals surface area contributed by atoms with Gasteiger partial charge >= 0.3 is 0 Å². The number of hydrogen-bond donors (Lipinski definition) is 1. The number of rotatable bonds is 6. The van der Waals surface area contributed by atoms with E-state index >= 15 is 0 Å². The Balaban J connectivity index is 2.38. The lowest BCUT2D eigenvalue weighted by Gasteiger charge is -2.19. The molecule has 1 N–H and O–H groups in total. The number of carbonyl (C=O) groups is 1. The third-order valence-electron chi connectivity index (χ3n) is 3.95. The normalized spacial score (nSPS) is 11.6. The summed E-state index contributed by atoms with van der Waals surface area (Å²) in [4.78, 5) is 12.0. The number of halogens is 2. The molecule has 26 heavy (non-hydrogen) atoms. The predicted octanol–water partition coefficient (Wildman–Crippen LogP) is 4.07. The molecule has 5 nitrogen and oxygen atoms in total. The van der Waals surface area contributed by atoms with Crippen LogP contribution < -0.4 is 5.32 Å². The van der Waals surface area contributed by atoms with Crippen LogP contribution in [0.2, 0.25) is 5.02 Å². The smallest absolute Gasteiger partial charge is 0.255 e. The van der Waals surface area contributed by atoms with Gasteiger partial charge in [-0.2, -0.15) is 4.31 Å². The molecular weight excluding hydrogens is 379 g/mol. The van der Waals surface area contributed by atoms with Gasteiger partial charge in [-0.05, 0) is 48.9 Å². The summed E-state index contributed by atoms with van der Waals surface area (Å²) < 4.78 is 40.4. The number of carbonyl (C=O) groups excluding carboxylic acids is 1. The van der Waals surface area contributed by atoms with E-state index in [1.807, 2.05) is 0 Å². The zero-order chi connectivity index (χ0) is 19.5.